The smallest absolute Gasteiger partial charge is 0.251 e. The predicted octanol–water partition coefficient (Wildman–Crippen LogP) is 3.55. The molecule has 1 amide bonds. The Kier molecular flexibility index (Phi) is 6.43. The molecular formula is C22H21ClN2O5S. The van der Waals surface area contributed by atoms with Gasteiger partial charge in [0.2, 0.25) is 10.0 Å². The number of ether oxygens (including phenoxy) is 1. The maximum atomic E-state index is 12.8. The number of hydrogen-bond donors (Lipinski definition) is 1. The maximum Gasteiger partial charge on any atom is 0.251 e. The summed E-state index contributed by atoms with van der Waals surface area (Å²) in [6.45, 7) is 1.49. The van der Waals surface area contributed by atoms with Gasteiger partial charge < -0.3 is 14.5 Å². The Hall–Kier alpha value is -2.65. The third kappa shape index (κ3) is 4.99. The lowest BCUT2D eigenvalue weighted by Crippen LogP contribution is -2.40. The molecule has 2 heterocycles. The van der Waals surface area contributed by atoms with Crippen molar-refractivity contribution in [3.05, 3.63) is 77.0 Å². The highest BCUT2D eigenvalue weighted by molar-refractivity contribution is 7.89. The second-order valence-corrected chi connectivity index (χ2v) is 9.37. The highest BCUT2D eigenvalue weighted by atomic mass is 35.5. The molecule has 31 heavy (non-hydrogen) atoms. The lowest BCUT2D eigenvalue weighted by atomic mass is 10.2. The van der Waals surface area contributed by atoms with Crippen molar-refractivity contribution in [2.75, 3.05) is 26.3 Å². The first-order valence-corrected chi connectivity index (χ1v) is 11.6. The second kappa shape index (κ2) is 9.23. The molecule has 0 unspecified atom stereocenters. The van der Waals surface area contributed by atoms with Gasteiger partial charge in [-0.25, -0.2) is 8.42 Å². The van der Waals surface area contributed by atoms with Crippen LogP contribution in [0.3, 0.4) is 0 Å². The first-order valence-electron chi connectivity index (χ1n) is 9.74. The molecule has 3 aromatic rings. The third-order valence-corrected chi connectivity index (χ3v) is 7.06. The molecule has 1 saturated heterocycles. The molecule has 0 radical (unpaired) electrons. The van der Waals surface area contributed by atoms with E-state index in [0.29, 0.717) is 42.8 Å². The number of nitrogens with one attached hydrogen (secondary N) is 1. The molecule has 0 atom stereocenters. The molecule has 2 aromatic carbocycles. The van der Waals surface area contributed by atoms with Crippen molar-refractivity contribution in [2.24, 2.45) is 0 Å². The van der Waals surface area contributed by atoms with Crippen molar-refractivity contribution in [3.8, 4) is 11.3 Å². The van der Waals surface area contributed by atoms with Gasteiger partial charge in [0.25, 0.3) is 5.91 Å². The lowest BCUT2D eigenvalue weighted by molar-refractivity contribution is 0.0730. The molecule has 1 N–H and O–H groups in total. The van der Waals surface area contributed by atoms with E-state index in [1.54, 1.807) is 30.3 Å². The number of sulfonamides is 1. The van der Waals surface area contributed by atoms with Crippen LogP contribution in [-0.2, 0) is 21.3 Å². The van der Waals surface area contributed by atoms with Gasteiger partial charge in [-0.05, 0) is 54.6 Å². The number of carbonyl (C=O) groups excluding carboxylic acids is 1. The van der Waals surface area contributed by atoms with Gasteiger partial charge in [0.15, 0.2) is 0 Å². The number of benzene rings is 2. The first-order chi connectivity index (χ1) is 14.9. The average Bonchev–Trinajstić information content (AvgIpc) is 3.27. The summed E-state index contributed by atoms with van der Waals surface area (Å²) in [6, 6.07) is 16.9. The molecule has 0 bridgehead atoms. The molecule has 1 aromatic heterocycles. The van der Waals surface area contributed by atoms with Crippen LogP contribution in [-0.4, -0.2) is 44.9 Å². The first kappa shape index (κ1) is 21.6. The molecule has 7 nitrogen and oxygen atoms in total. The number of amides is 1. The Morgan fingerprint density at radius 3 is 2.52 bits per heavy atom. The Morgan fingerprint density at radius 1 is 1.03 bits per heavy atom. The van der Waals surface area contributed by atoms with Crippen molar-refractivity contribution >= 4 is 27.5 Å². The molecular weight excluding hydrogens is 440 g/mol. The molecule has 0 spiro atoms. The standard InChI is InChI=1S/C22H21ClN2O5S/c23-18-6-4-16(5-7-18)21-9-8-19(30-21)15-24-22(26)17-2-1-3-20(14-17)31(27,28)25-10-12-29-13-11-25/h1-9,14H,10-13,15H2,(H,24,26). The van der Waals surface area contributed by atoms with E-state index in [4.69, 9.17) is 20.8 Å². The zero-order valence-electron chi connectivity index (χ0n) is 16.6. The molecule has 1 aliphatic rings. The van der Waals surface area contributed by atoms with Crippen LogP contribution in [0.25, 0.3) is 11.3 Å². The largest absolute Gasteiger partial charge is 0.459 e. The van der Waals surface area contributed by atoms with E-state index in [1.165, 1.54) is 16.4 Å². The molecule has 0 aliphatic carbocycles. The third-order valence-electron chi connectivity index (χ3n) is 4.92. The molecule has 4 rings (SSSR count). The van der Waals surface area contributed by atoms with Crippen LogP contribution in [0, 0.1) is 0 Å². The van der Waals surface area contributed by atoms with Gasteiger partial charge in [-0.2, -0.15) is 4.31 Å². The van der Waals surface area contributed by atoms with E-state index < -0.39 is 10.0 Å². The Bertz CT molecular complexity index is 1170. The van der Waals surface area contributed by atoms with Crippen molar-refractivity contribution in [2.45, 2.75) is 11.4 Å². The van der Waals surface area contributed by atoms with Gasteiger partial charge in [0, 0.05) is 29.2 Å². The molecule has 9 heteroatoms. The SMILES string of the molecule is O=C(NCc1ccc(-c2ccc(Cl)cc2)o1)c1cccc(S(=O)(=O)N2CCOCC2)c1. The zero-order chi connectivity index (χ0) is 21.8. The van der Waals surface area contributed by atoms with Crippen LogP contribution in [0.15, 0.2) is 70.0 Å². The number of hydrogen-bond acceptors (Lipinski definition) is 5. The van der Waals surface area contributed by atoms with Crippen molar-refractivity contribution < 1.29 is 22.4 Å². The monoisotopic (exact) mass is 460 g/mol. The summed E-state index contributed by atoms with van der Waals surface area (Å²) in [5, 5.41) is 3.40. The fourth-order valence-electron chi connectivity index (χ4n) is 3.25. The predicted molar refractivity (Wildman–Crippen MR) is 116 cm³/mol. The summed E-state index contributed by atoms with van der Waals surface area (Å²) in [7, 11) is -3.67. The van der Waals surface area contributed by atoms with Gasteiger partial charge in [-0.15, -0.1) is 0 Å². The van der Waals surface area contributed by atoms with E-state index >= 15 is 0 Å². The van der Waals surface area contributed by atoms with Crippen LogP contribution in [0.4, 0.5) is 0 Å². The number of halogens is 1. The fourth-order valence-corrected chi connectivity index (χ4v) is 4.83. The lowest BCUT2D eigenvalue weighted by Gasteiger charge is -2.26. The normalized spacial score (nSPS) is 15.0. The van der Waals surface area contributed by atoms with Crippen molar-refractivity contribution in [1.29, 1.82) is 0 Å². The number of carbonyl (C=O) groups is 1. The van der Waals surface area contributed by atoms with Crippen LogP contribution in [0.2, 0.25) is 5.02 Å². The quantitative estimate of drug-likeness (QED) is 0.607. The minimum Gasteiger partial charge on any atom is -0.459 e. The van der Waals surface area contributed by atoms with E-state index in [1.807, 2.05) is 18.2 Å². The van der Waals surface area contributed by atoms with E-state index in [-0.39, 0.29) is 22.9 Å². The van der Waals surface area contributed by atoms with Gasteiger partial charge in [-0.1, -0.05) is 17.7 Å². The Labute approximate surface area is 185 Å². The van der Waals surface area contributed by atoms with Crippen LogP contribution >= 0.6 is 11.6 Å². The van der Waals surface area contributed by atoms with Crippen molar-refractivity contribution in [1.82, 2.24) is 9.62 Å². The van der Waals surface area contributed by atoms with E-state index in [2.05, 4.69) is 5.32 Å². The van der Waals surface area contributed by atoms with Gasteiger partial charge >= 0.3 is 0 Å². The minimum atomic E-state index is -3.67. The molecule has 1 aliphatic heterocycles. The second-order valence-electron chi connectivity index (χ2n) is 7.00. The summed E-state index contributed by atoms with van der Waals surface area (Å²) < 4.78 is 38.0. The highest BCUT2D eigenvalue weighted by Gasteiger charge is 2.26. The Morgan fingerprint density at radius 2 is 1.77 bits per heavy atom. The molecule has 1 fully saturated rings. The highest BCUT2D eigenvalue weighted by Crippen LogP contribution is 2.24. The van der Waals surface area contributed by atoms with E-state index in [0.717, 1.165) is 5.56 Å². The van der Waals surface area contributed by atoms with Crippen molar-refractivity contribution in [3.63, 3.8) is 0 Å². The van der Waals surface area contributed by atoms with Crippen LogP contribution in [0.5, 0.6) is 0 Å². The summed E-state index contributed by atoms with van der Waals surface area (Å²) in [4.78, 5) is 12.7. The summed E-state index contributed by atoms with van der Waals surface area (Å²) in [5.41, 5.74) is 1.14. The van der Waals surface area contributed by atoms with E-state index in [9.17, 15) is 13.2 Å². The zero-order valence-corrected chi connectivity index (χ0v) is 18.2. The number of morpholine rings is 1. The molecule has 0 saturated carbocycles. The number of rotatable bonds is 6. The van der Waals surface area contributed by atoms with Crippen LogP contribution < -0.4 is 5.32 Å². The fraction of sp³-hybridized carbons (Fsp3) is 0.227. The van der Waals surface area contributed by atoms with Gasteiger partial charge in [0.05, 0.1) is 24.7 Å². The summed E-state index contributed by atoms with van der Waals surface area (Å²) in [6.07, 6.45) is 0. The summed E-state index contributed by atoms with van der Waals surface area (Å²) >= 11 is 5.91. The number of furan rings is 1. The van der Waals surface area contributed by atoms with Gasteiger partial charge in [-0.3, -0.25) is 4.79 Å². The van der Waals surface area contributed by atoms with Gasteiger partial charge in [0.1, 0.15) is 11.5 Å². The van der Waals surface area contributed by atoms with Crippen LogP contribution in [0.1, 0.15) is 16.1 Å². The number of nitrogens with zero attached hydrogens (tertiary/aromatic N) is 1. The average molecular weight is 461 g/mol. The molecule has 162 valence electrons. The minimum absolute atomic E-state index is 0.0880. The summed E-state index contributed by atoms with van der Waals surface area (Å²) in [5.74, 6) is 0.860. The maximum absolute atomic E-state index is 12.8. The Balaban J connectivity index is 1.42. The topological polar surface area (TPSA) is 88.8 Å².